The van der Waals surface area contributed by atoms with Crippen LogP contribution in [0.4, 0.5) is 17.6 Å². The molecule has 232 valence electrons. The number of aryl methyl sites for hydroxylation is 1. The van der Waals surface area contributed by atoms with Gasteiger partial charge < -0.3 is 30.0 Å². The fourth-order valence-corrected chi connectivity index (χ4v) is 4.36. The number of rotatable bonds is 11. The van der Waals surface area contributed by atoms with Gasteiger partial charge in [0.05, 0.1) is 44.1 Å². The number of ether oxygens (including phenoxy) is 2. The van der Waals surface area contributed by atoms with Gasteiger partial charge in [-0.1, -0.05) is 0 Å². The van der Waals surface area contributed by atoms with E-state index in [9.17, 15) is 32.3 Å². The quantitative estimate of drug-likeness (QED) is 0.209. The molecule has 2 aromatic carbocycles. The number of nitrogens with one attached hydrogen (secondary N) is 1. The summed E-state index contributed by atoms with van der Waals surface area (Å²) in [4.78, 5) is 33.0. The second-order valence-corrected chi connectivity index (χ2v) is 9.66. The predicted octanol–water partition coefficient (Wildman–Crippen LogP) is 4.47. The Morgan fingerprint density at radius 1 is 1.11 bits per heavy atom. The number of pyridine rings is 1. The zero-order valence-corrected chi connectivity index (χ0v) is 23.8. The van der Waals surface area contributed by atoms with E-state index in [1.807, 2.05) is 0 Å². The Balaban J connectivity index is 1.75. The average molecular weight is 617 g/mol. The number of nitrogens with two attached hydrogens (primary N) is 1. The van der Waals surface area contributed by atoms with Crippen LogP contribution in [-0.4, -0.2) is 53.3 Å². The maximum atomic E-state index is 14.6. The van der Waals surface area contributed by atoms with Crippen LogP contribution in [0.25, 0.3) is 22.7 Å². The number of carbonyl (C=O) groups is 2. The van der Waals surface area contributed by atoms with Gasteiger partial charge in [0.2, 0.25) is 17.4 Å². The Morgan fingerprint density at radius 2 is 1.82 bits per heavy atom. The Labute approximate surface area is 248 Å². The molecule has 0 fully saturated rings. The molecule has 14 heteroatoms. The normalized spacial score (nSPS) is 12.8. The summed E-state index contributed by atoms with van der Waals surface area (Å²) >= 11 is 0. The molecule has 2 amide bonds. The number of primary amides is 1. The molecule has 0 saturated heterocycles. The van der Waals surface area contributed by atoms with Crippen LogP contribution in [0.2, 0.25) is 0 Å². The van der Waals surface area contributed by atoms with E-state index in [4.69, 9.17) is 19.6 Å². The summed E-state index contributed by atoms with van der Waals surface area (Å²) in [6.07, 6.45) is -4.44. The van der Waals surface area contributed by atoms with Gasteiger partial charge in [-0.3, -0.25) is 9.59 Å². The minimum atomic E-state index is -5.37. The van der Waals surface area contributed by atoms with E-state index in [2.05, 4.69) is 15.3 Å². The lowest BCUT2D eigenvalue weighted by molar-refractivity contribution is -0.265. The maximum absolute atomic E-state index is 14.6. The number of hydrogen-bond acceptors (Lipinski definition) is 8. The van der Waals surface area contributed by atoms with E-state index >= 15 is 0 Å². The molecular weight excluding hydrogens is 588 g/mol. The van der Waals surface area contributed by atoms with E-state index in [1.165, 1.54) is 43.6 Å². The number of halogens is 4. The van der Waals surface area contributed by atoms with Gasteiger partial charge in [0, 0.05) is 16.7 Å². The highest BCUT2D eigenvalue weighted by atomic mass is 19.4. The maximum Gasteiger partial charge on any atom is 0.424 e. The van der Waals surface area contributed by atoms with Crippen molar-refractivity contribution in [3.05, 3.63) is 83.1 Å². The zero-order chi connectivity index (χ0) is 32.2. The van der Waals surface area contributed by atoms with Crippen molar-refractivity contribution in [3.8, 4) is 34.2 Å². The first-order valence-electron chi connectivity index (χ1n) is 13.2. The fourth-order valence-electron chi connectivity index (χ4n) is 4.36. The first-order valence-corrected chi connectivity index (χ1v) is 13.2. The van der Waals surface area contributed by atoms with E-state index in [0.717, 1.165) is 18.2 Å². The number of aliphatic hydroxyl groups is 1. The van der Waals surface area contributed by atoms with Crippen molar-refractivity contribution in [2.24, 2.45) is 5.73 Å². The van der Waals surface area contributed by atoms with Crippen LogP contribution >= 0.6 is 0 Å². The molecule has 0 spiro atoms. The van der Waals surface area contributed by atoms with Gasteiger partial charge in [-0.25, -0.2) is 14.4 Å². The number of alkyl halides is 3. The molecule has 0 aliphatic rings. The summed E-state index contributed by atoms with van der Waals surface area (Å²) in [6, 6.07) is 9.53. The van der Waals surface area contributed by atoms with Crippen molar-refractivity contribution in [3.63, 3.8) is 0 Å². The van der Waals surface area contributed by atoms with Crippen molar-refractivity contribution < 1.29 is 46.1 Å². The Hall–Kier alpha value is -4.98. The van der Waals surface area contributed by atoms with Gasteiger partial charge in [-0.2, -0.15) is 13.2 Å². The van der Waals surface area contributed by atoms with Crippen LogP contribution in [-0.2, 0) is 16.8 Å². The van der Waals surface area contributed by atoms with Crippen molar-refractivity contribution in [2.45, 2.75) is 32.0 Å². The minimum Gasteiger partial charge on any atom is -0.496 e. The second-order valence-electron chi connectivity index (χ2n) is 9.66. The summed E-state index contributed by atoms with van der Waals surface area (Å²) < 4.78 is 73.8. The van der Waals surface area contributed by atoms with Crippen molar-refractivity contribution in [2.75, 3.05) is 20.3 Å². The van der Waals surface area contributed by atoms with Gasteiger partial charge in [-0.05, 0) is 62.4 Å². The standard InChI is InChI=1S/C30H28F4N4O6/c1-4-43-26-19(13-24(35)39)12-23(38-25(26)17-5-8-20(31)9-6-17)29(41,30(32,33)34)15-37-27(40)18-7-10-21(22(11-18)42-3)28-36-14-16(2)44-28/h5-12,14,41H,4,13,15H2,1-3H3,(H2,35,39)(H,37,40)/t29-/m0/s1. The average Bonchev–Trinajstić information content (AvgIpc) is 3.41. The van der Waals surface area contributed by atoms with Crippen LogP contribution in [0.15, 0.2) is 59.1 Å². The van der Waals surface area contributed by atoms with Crippen LogP contribution in [0, 0.1) is 12.7 Å². The Kier molecular flexibility index (Phi) is 9.23. The minimum absolute atomic E-state index is 0.0401. The third-order valence-corrected chi connectivity index (χ3v) is 6.53. The summed E-state index contributed by atoms with van der Waals surface area (Å²) in [5.74, 6) is -1.64. The van der Waals surface area contributed by atoms with Gasteiger partial charge in [0.1, 0.15) is 28.8 Å². The van der Waals surface area contributed by atoms with Crippen LogP contribution in [0.3, 0.4) is 0 Å². The van der Waals surface area contributed by atoms with E-state index in [-0.39, 0.29) is 46.4 Å². The molecule has 4 aromatic rings. The number of carbonyl (C=O) groups excluding carboxylic acids is 2. The van der Waals surface area contributed by atoms with E-state index in [1.54, 1.807) is 13.8 Å². The monoisotopic (exact) mass is 616 g/mol. The lowest BCUT2D eigenvalue weighted by Gasteiger charge is -2.31. The molecule has 0 saturated carbocycles. The molecular formula is C30H28F4N4O6. The van der Waals surface area contributed by atoms with E-state index in [0.29, 0.717) is 11.3 Å². The fraction of sp³-hybridized carbons (Fsp3) is 0.267. The Bertz CT molecular complexity index is 1670. The molecule has 1 atom stereocenters. The molecule has 0 unspecified atom stereocenters. The number of hydrogen-bond donors (Lipinski definition) is 3. The SMILES string of the molecule is CCOc1c(CC(N)=O)cc([C@@](O)(CNC(=O)c2ccc(-c3ncc(C)o3)c(OC)c2)C(F)(F)F)nc1-c1ccc(F)cc1. The lowest BCUT2D eigenvalue weighted by Crippen LogP contribution is -2.51. The summed E-state index contributed by atoms with van der Waals surface area (Å²) in [5, 5.41) is 13.3. The molecule has 10 nitrogen and oxygen atoms in total. The van der Waals surface area contributed by atoms with Gasteiger partial charge in [-0.15, -0.1) is 0 Å². The lowest BCUT2D eigenvalue weighted by atomic mass is 9.93. The molecule has 0 aliphatic carbocycles. The molecule has 0 bridgehead atoms. The van der Waals surface area contributed by atoms with E-state index < -0.39 is 48.1 Å². The first kappa shape index (κ1) is 31.9. The Morgan fingerprint density at radius 3 is 2.39 bits per heavy atom. The number of benzene rings is 2. The second kappa shape index (κ2) is 12.7. The number of amides is 2. The van der Waals surface area contributed by atoms with Gasteiger partial charge in [0.15, 0.2) is 0 Å². The molecule has 4 N–H and O–H groups in total. The highest BCUT2D eigenvalue weighted by molar-refractivity contribution is 5.95. The molecule has 2 heterocycles. The van der Waals surface area contributed by atoms with Crippen molar-refractivity contribution in [1.29, 1.82) is 0 Å². The zero-order valence-electron chi connectivity index (χ0n) is 23.8. The smallest absolute Gasteiger partial charge is 0.424 e. The summed E-state index contributed by atoms with van der Waals surface area (Å²) in [7, 11) is 1.33. The summed E-state index contributed by atoms with van der Waals surface area (Å²) in [6.45, 7) is 1.97. The molecule has 0 radical (unpaired) electrons. The van der Waals surface area contributed by atoms with Crippen LogP contribution in [0.1, 0.15) is 34.3 Å². The van der Waals surface area contributed by atoms with Crippen LogP contribution < -0.4 is 20.5 Å². The molecule has 2 aromatic heterocycles. The van der Waals surface area contributed by atoms with Crippen molar-refractivity contribution >= 4 is 11.8 Å². The van der Waals surface area contributed by atoms with Gasteiger partial charge in [0.25, 0.3) is 5.91 Å². The number of oxazole rings is 1. The largest absolute Gasteiger partial charge is 0.496 e. The van der Waals surface area contributed by atoms with Crippen LogP contribution in [0.5, 0.6) is 11.5 Å². The number of methoxy groups -OCH3 is 1. The highest BCUT2D eigenvalue weighted by Gasteiger charge is 2.56. The van der Waals surface area contributed by atoms with Crippen molar-refractivity contribution in [1.82, 2.24) is 15.3 Å². The third-order valence-electron chi connectivity index (χ3n) is 6.53. The first-order chi connectivity index (χ1) is 20.8. The topological polar surface area (TPSA) is 150 Å². The third kappa shape index (κ3) is 6.64. The number of aromatic nitrogens is 2. The number of nitrogens with zero attached hydrogens (tertiary/aromatic N) is 2. The molecule has 4 rings (SSSR count). The molecule has 0 aliphatic heterocycles. The highest BCUT2D eigenvalue weighted by Crippen LogP contribution is 2.42. The predicted molar refractivity (Wildman–Crippen MR) is 149 cm³/mol. The summed E-state index contributed by atoms with van der Waals surface area (Å²) in [5.41, 5.74) is 0.828. The van der Waals surface area contributed by atoms with Gasteiger partial charge >= 0.3 is 6.18 Å². The molecule has 44 heavy (non-hydrogen) atoms.